The fourth-order valence-electron chi connectivity index (χ4n) is 2.35. The number of thiophene rings is 1. The molecule has 0 radical (unpaired) electrons. The highest BCUT2D eigenvalue weighted by Crippen LogP contribution is 2.29. The van der Waals surface area contributed by atoms with Gasteiger partial charge in [-0.25, -0.2) is 10.2 Å². The summed E-state index contributed by atoms with van der Waals surface area (Å²) in [5.74, 6) is -1.84. The van der Waals surface area contributed by atoms with Crippen LogP contribution < -0.4 is 20.2 Å². The van der Waals surface area contributed by atoms with Gasteiger partial charge in [0.05, 0.1) is 24.0 Å². The SMILES string of the molecule is COc1cc(/C=N\NC(=O)C(=O)Nc2ccccc2Cl)ccc1OC(=O)c1cccs1. The Kier molecular flexibility index (Phi) is 7.36. The Balaban J connectivity index is 1.60. The molecule has 2 N–H and O–H groups in total. The van der Waals surface area contributed by atoms with Crippen molar-refractivity contribution in [1.82, 2.24) is 5.43 Å². The van der Waals surface area contributed by atoms with Crippen LogP contribution >= 0.6 is 22.9 Å². The molecule has 8 nitrogen and oxygen atoms in total. The molecule has 2 amide bonds. The topological polar surface area (TPSA) is 106 Å². The predicted octanol–water partition coefficient (Wildman–Crippen LogP) is 3.72. The Hall–Kier alpha value is -3.69. The molecule has 1 heterocycles. The number of carbonyl (C=O) groups is 3. The summed E-state index contributed by atoms with van der Waals surface area (Å²) < 4.78 is 10.6. The maximum atomic E-state index is 12.1. The van der Waals surface area contributed by atoms with Crippen LogP contribution in [-0.4, -0.2) is 31.1 Å². The van der Waals surface area contributed by atoms with Gasteiger partial charge in [-0.05, 0) is 47.3 Å². The van der Waals surface area contributed by atoms with Gasteiger partial charge in [0.25, 0.3) is 0 Å². The van der Waals surface area contributed by atoms with Crippen molar-refractivity contribution in [1.29, 1.82) is 0 Å². The maximum absolute atomic E-state index is 12.1. The van der Waals surface area contributed by atoms with E-state index >= 15 is 0 Å². The number of nitrogens with zero attached hydrogens (tertiary/aromatic N) is 1. The van der Waals surface area contributed by atoms with E-state index < -0.39 is 17.8 Å². The van der Waals surface area contributed by atoms with Gasteiger partial charge in [-0.2, -0.15) is 5.10 Å². The summed E-state index contributed by atoms with van der Waals surface area (Å²) in [5.41, 5.74) is 2.98. The lowest BCUT2D eigenvalue weighted by Gasteiger charge is -2.09. The Labute approximate surface area is 186 Å². The zero-order valence-corrected chi connectivity index (χ0v) is 17.7. The summed E-state index contributed by atoms with van der Waals surface area (Å²) >= 11 is 7.21. The van der Waals surface area contributed by atoms with Gasteiger partial charge in [-0.1, -0.05) is 29.8 Å². The molecule has 0 saturated carbocycles. The van der Waals surface area contributed by atoms with Crippen LogP contribution in [0.1, 0.15) is 15.2 Å². The van der Waals surface area contributed by atoms with Crippen molar-refractivity contribution in [2.24, 2.45) is 5.10 Å². The number of esters is 1. The van der Waals surface area contributed by atoms with Gasteiger partial charge in [0, 0.05) is 0 Å². The van der Waals surface area contributed by atoms with Crippen molar-refractivity contribution >= 4 is 52.6 Å². The second-order valence-electron chi connectivity index (χ2n) is 5.91. The number of methoxy groups -OCH3 is 1. The number of anilines is 1. The molecular formula is C21H16ClN3O5S. The molecule has 0 fully saturated rings. The molecule has 0 aliphatic carbocycles. The summed E-state index contributed by atoms with van der Waals surface area (Å²) in [6.07, 6.45) is 1.31. The van der Waals surface area contributed by atoms with Gasteiger partial charge in [0.15, 0.2) is 11.5 Å². The molecule has 31 heavy (non-hydrogen) atoms. The minimum absolute atomic E-state index is 0.237. The number of nitrogens with one attached hydrogen (secondary N) is 2. The lowest BCUT2D eigenvalue weighted by molar-refractivity contribution is -0.136. The van der Waals surface area contributed by atoms with E-state index in [4.69, 9.17) is 21.1 Å². The third kappa shape index (κ3) is 5.91. The first-order chi connectivity index (χ1) is 15.0. The third-order valence-electron chi connectivity index (χ3n) is 3.82. The summed E-state index contributed by atoms with van der Waals surface area (Å²) in [6, 6.07) is 14.6. The largest absolute Gasteiger partial charge is 0.493 e. The zero-order chi connectivity index (χ0) is 22.2. The first-order valence-electron chi connectivity index (χ1n) is 8.80. The monoisotopic (exact) mass is 457 g/mol. The molecule has 0 aliphatic rings. The van der Waals surface area contributed by atoms with E-state index in [2.05, 4.69) is 15.8 Å². The number of amides is 2. The van der Waals surface area contributed by atoms with Crippen LogP contribution in [0.5, 0.6) is 11.5 Å². The number of hydrogen-bond donors (Lipinski definition) is 2. The average Bonchev–Trinajstić information content (AvgIpc) is 3.31. The lowest BCUT2D eigenvalue weighted by atomic mass is 10.2. The van der Waals surface area contributed by atoms with Crippen molar-refractivity contribution in [2.75, 3.05) is 12.4 Å². The van der Waals surface area contributed by atoms with Crippen LogP contribution in [-0.2, 0) is 9.59 Å². The first-order valence-corrected chi connectivity index (χ1v) is 10.1. The van der Waals surface area contributed by atoms with Crippen molar-refractivity contribution in [3.8, 4) is 11.5 Å². The van der Waals surface area contributed by atoms with Crippen LogP contribution in [0.15, 0.2) is 65.1 Å². The molecule has 2 aromatic carbocycles. The van der Waals surface area contributed by atoms with Gasteiger partial charge < -0.3 is 14.8 Å². The average molecular weight is 458 g/mol. The zero-order valence-electron chi connectivity index (χ0n) is 16.1. The molecule has 0 aliphatic heterocycles. The quantitative estimate of drug-likeness (QED) is 0.193. The van der Waals surface area contributed by atoms with Gasteiger partial charge in [0.2, 0.25) is 0 Å². The summed E-state index contributed by atoms with van der Waals surface area (Å²) in [5, 5.41) is 8.22. The van der Waals surface area contributed by atoms with E-state index in [1.54, 1.807) is 53.9 Å². The van der Waals surface area contributed by atoms with Crippen molar-refractivity contribution < 1.29 is 23.9 Å². The number of ether oxygens (including phenoxy) is 2. The molecule has 3 aromatic rings. The van der Waals surface area contributed by atoms with Gasteiger partial charge in [-0.15, -0.1) is 11.3 Å². The number of benzene rings is 2. The molecule has 158 valence electrons. The number of rotatable bonds is 6. The highest BCUT2D eigenvalue weighted by Gasteiger charge is 2.15. The van der Waals surface area contributed by atoms with E-state index in [-0.39, 0.29) is 5.75 Å². The predicted molar refractivity (Wildman–Crippen MR) is 118 cm³/mol. The molecule has 0 unspecified atom stereocenters. The Bertz CT molecular complexity index is 1130. The molecule has 0 atom stereocenters. The van der Waals surface area contributed by atoms with E-state index in [0.29, 0.717) is 26.9 Å². The summed E-state index contributed by atoms with van der Waals surface area (Å²) in [7, 11) is 1.43. The second kappa shape index (κ2) is 10.4. The van der Waals surface area contributed by atoms with Crippen LogP contribution in [0.4, 0.5) is 5.69 Å². The Morgan fingerprint density at radius 2 is 1.84 bits per heavy atom. The number of para-hydroxylation sites is 1. The Morgan fingerprint density at radius 3 is 2.55 bits per heavy atom. The van der Waals surface area contributed by atoms with Gasteiger partial charge in [0.1, 0.15) is 4.88 Å². The van der Waals surface area contributed by atoms with Gasteiger partial charge in [-0.3, -0.25) is 9.59 Å². The fourth-order valence-corrected chi connectivity index (χ4v) is 3.13. The van der Waals surface area contributed by atoms with Crippen molar-refractivity contribution in [2.45, 2.75) is 0 Å². The molecule has 0 bridgehead atoms. The number of halogens is 1. The molecule has 3 rings (SSSR count). The molecular weight excluding hydrogens is 442 g/mol. The summed E-state index contributed by atoms with van der Waals surface area (Å²) in [4.78, 5) is 36.4. The van der Waals surface area contributed by atoms with Crippen LogP contribution in [0.2, 0.25) is 5.02 Å². The highest BCUT2D eigenvalue weighted by atomic mass is 35.5. The van der Waals surface area contributed by atoms with Crippen molar-refractivity contribution in [3.63, 3.8) is 0 Å². The number of carbonyl (C=O) groups excluding carboxylic acids is 3. The van der Waals surface area contributed by atoms with E-state index in [1.165, 1.54) is 30.7 Å². The van der Waals surface area contributed by atoms with Crippen LogP contribution in [0.25, 0.3) is 0 Å². The normalized spacial score (nSPS) is 10.5. The number of hydrazone groups is 1. The van der Waals surface area contributed by atoms with Crippen LogP contribution in [0, 0.1) is 0 Å². The molecule has 0 saturated heterocycles. The summed E-state index contributed by atoms with van der Waals surface area (Å²) in [6.45, 7) is 0. The lowest BCUT2D eigenvalue weighted by Crippen LogP contribution is -2.32. The standard InChI is InChI=1S/C21H16ClN3O5S/c1-29-17-11-13(8-9-16(17)30-21(28)18-7-4-10-31-18)12-23-25-20(27)19(26)24-15-6-3-2-5-14(15)22/h2-12H,1H3,(H,24,26)(H,25,27)/b23-12-. The molecule has 1 aromatic heterocycles. The molecule has 0 spiro atoms. The smallest absolute Gasteiger partial charge is 0.353 e. The highest BCUT2D eigenvalue weighted by molar-refractivity contribution is 7.12. The minimum Gasteiger partial charge on any atom is -0.493 e. The number of hydrogen-bond acceptors (Lipinski definition) is 7. The van der Waals surface area contributed by atoms with Crippen LogP contribution in [0.3, 0.4) is 0 Å². The minimum atomic E-state index is -0.968. The maximum Gasteiger partial charge on any atom is 0.353 e. The van der Waals surface area contributed by atoms with Crippen molar-refractivity contribution in [3.05, 3.63) is 75.4 Å². The first kappa shape index (κ1) is 22.0. The molecule has 10 heteroatoms. The van der Waals surface area contributed by atoms with E-state index in [1.807, 2.05) is 0 Å². The Morgan fingerprint density at radius 1 is 1.03 bits per heavy atom. The van der Waals surface area contributed by atoms with E-state index in [0.717, 1.165) is 0 Å². The fraction of sp³-hybridized carbons (Fsp3) is 0.0476. The third-order valence-corrected chi connectivity index (χ3v) is 5.00. The second-order valence-corrected chi connectivity index (χ2v) is 7.27. The van der Waals surface area contributed by atoms with Gasteiger partial charge >= 0.3 is 17.8 Å². The van der Waals surface area contributed by atoms with E-state index in [9.17, 15) is 14.4 Å².